The number of rotatable bonds is 5. The van der Waals surface area contributed by atoms with Crippen molar-refractivity contribution in [2.24, 2.45) is 11.1 Å². The maximum atomic E-state index is 13.0. The van der Waals surface area contributed by atoms with E-state index in [9.17, 15) is 14.4 Å². The number of nitrogens with zero attached hydrogens (tertiary/aromatic N) is 2. The standard InChI is InChI=1S/C22H28N4O3/c1-2-21-10-22(11-21,12-23)25(13-21)8-14-4-3-5-15-16(14)9-26(20(15)29)17-6-7-18(27)24-19(17)28/h3-5,17H,2,6-13,23H2,1H3,(H,24,27,28). The molecule has 5 aliphatic rings. The number of hydrogen-bond donors (Lipinski definition) is 2. The molecule has 7 nitrogen and oxygen atoms in total. The second-order valence-electron chi connectivity index (χ2n) is 9.33. The van der Waals surface area contributed by atoms with Crippen LogP contribution in [0.2, 0.25) is 0 Å². The van der Waals surface area contributed by atoms with Gasteiger partial charge in [0.25, 0.3) is 5.91 Å². The van der Waals surface area contributed by atoms with E-state index in [2.05, 4.69) is 23.2 Å². The molecule has 3 amide bonds. The van der Waals surface area contributed by atoms with Crippen LogP contribution in [-0.4, -0.2) is 52.2 Å². The van der Waals surface area contributed by atoms with Crippen molar-refractivity contribution in [1.29, 1.82) is 0 Å². The summed E-state index contributed by atoms with van der Waals surface area (Å²) in [5, 5.41) is 2.37. The van der Waals surface area contributed by atoms with E-state index in [0.717, 1.165) is 24.2 Å². The minimum absolute atomic E-state index is 0.102. The first kappa shape index (κ1) is 18.8. The lowest BCUT2D eigenvalue weighted by Gasteiger charge is -2.47. The van der Waals surface area contributed by atoms with Crippen LogP contribution < -0.4 is 11.1 Å². The van der Waals surface area contributed by atoms with Gasteiger partial charge in [0.1, 0.15) is 6.04 Å². The number of hydrogen-bond acceptors (Lipinski definition) is 5. The normalized spacial score (nSPS) is 33.7. The summed E-state index contributed by atoms with van der Waals surface area (Å²) in [6.07, 6.45) is 4.18. The van der Waals surface area contributed by atoms with Gasteiger partial charge in [0.05, 0.1) is 0 Å². The summed E-state index contributed by atoms with van der Waals surface area (Å²) in [6.45, 7) is 5.22. The van der Waals surface area contributed by atoms with E-state index in [4.69, 9.17) is 5.73 Å². The second-order valence-corrected chi connectivity index (χ2v) is 9.33. The van der Waals surface area contributed by atoms with Gasteiger partial charge >= 0.3 is 0 Å². The van der Waals surface area contributed by atoms with Gasteiger partial charge < -0.3 is 10.6 Å². The van der Waals surface area contributed by atoms with Gasteiger partial charge in [-0.15, -0.1) is 0 Å². The molecule has 0 aromatic heterocycles. The molecular weight excluding hydrogens is 368 g/mol. The molecule has 154 valence electrons. The zero-order chi connectivity index (χ0) is 20.4. The van der Waals surface area contributed by atoms with Gasteiger partial charge in [0.2, 0.25) is 11.8 Å². The van der Waals surface area contributed by atoms with E-state index in [0.29, 0.717) is 30.5 Å². The number of imide groups is 1. The number of carbonyl (C=O) groups excluding carboxylic acids is 3. The molecule has 29 heavy (non-hydrogen) atoms. The Balaban J connectivity index is 1.39. The van der Waals surface area contributed by atoms with Crippen LogP contribution >= 0.6 is 0 Å². The number of fused-ring (bicyclic) bond motifs is 2. The topological polar surface area (TPSA) is 95.7 Å². The van der Waals surface area contributed by atoms with Gasteiger partial charge in [0.15, 0.2) is 0 Å². The van der Waals surface area contributed by atoms with E-state index in [-0.39, 0.29) is 29.7 Å². The summed E-state index contributed by atoms with van der Waals surface area (Å²) in [5.41, 5.74) is 9.53. The van der Waals surface area contributed by atoms with Crippen molar-refractivity contribution in [3.8, 4) is 0 Å². The van der Waals surface area contributed by atoms with E-state index < -0.39 is 6.04 Å². The molecule has 3 saturated heterocycles. The summed E-state index contributed by atoms with van der Waals surface area (Å²) >= 11 is 0. The highest BCUT2D eigenvalue weighted by Gasteiger charge is 2.63. The van der Waals surface area contributed by atoms with E-state index in [1.165, 1.54) is 19.3 Å². The lowest BCUT2D eigenvalue weighted by molar-refractivity contribution is -0.136. The third-order valence-electron chi connectivity index (χ3n) is 7.78. The number of nitrogens with one attached hydrogen (secondary N) is 1. The lowest BCUT2D eigenvalue weighted by atomic mass is 9.61. The molecule has 4 fully saturated rings. The van der Waals surface area contributed by atoms with Crippen LogP contribution in [0.3, 0.4) is 0 Å². The average molecular weight is 396 g/mol. The van der Waals surface area contributed by atoms with Gasteiger partial charge in [-0.1, -0.05) is 19.1 Å². The number of benzene rings is 1. The zero-order valence-corrected chi connectivity index (χ0v) is 16.9. The summed E-state index contributed by atoms with van der Waals surface area (Å²) in [4.78, 5) is 41.0. The third kappa shape index (κ3) is 2.67. The minimum atomic E-state index is -0.571. The number of piperidine rings is 1. The smallest absolute Gasteiger partial charge is 0.255 e. The van der Waals surface area contributed by atoms with Crippen LogP contribution in [0.25, 0.3) is 0 Å². The zero-order valence-electron chi connectivity index (χ0n) is 16.9. The largest absolute Gasteiger partial charge is 0.329 e. The van der Waals surface area contributed by atoms with Crippen LogP contribution in [-0.2, 0) is 22.7 Å². The van der Waals surface area contributed by atoms with E-state index in [1.54, 1.807) is 4.90 Å². The first-order valence-electron chi connectivity index (χ1n) is 10.6. The lowest BCUT2D eigenvalue weighted by Crippen LogP contribution is -2.54. The maximum Gasteiger partial charge on any atom is 0.255 e. The van der Waals surface area contributed by atoms with Gasteiger partial charge in [-0.25, -0.2) is 0 Å². The Kier molecular flexibility index (Phi) is 4.12. The molecule has 3 N–H and O–H groups in total. The Bertz CT molecular complexity index is 905. The SMILES string of the molecule is CCC12CN(Cc3cccc4c3CN(C3CCC(=O)NC3=O)C4=O)C(CN)(C1)C2. The molecule has 1 saturated carbocycles. The molecular formula is C22H28N4O3. The molecule has 4 heterocycles. The molecule has 1 unspecified atom stereocenters. The van der Waals surface area contributed by atoms with Crippen molar-refractivity contribution >= 4 is 17.7 Å². The molecule has 0 spiro atoms. The Morgan fingerprint density at radius 3 is 2.72 bits per heavy atom. The first-order valence-corrected chi connectivity index (χ1v) is 10.6. The highest BCUT2D eigenvalue weighted by Crippen LogP contribution is 2.61. The molecule has 1 atom stereocenters. The second kappa shape index (κ2) is 6.37. The fraction of sp³-hybridized carbons (Fsp3) is 0.591. The summed E-state index contributed by atoms with van der Waals surface area (Å²) in [7, 11) is 0. The van der Waals surface area contributed by atoms with Gasteiger partial charge in [0, 0.05) is 43.7 Å². The number of nitrogens with two attached hydrogens (primary N) is 1. The predicted molar refractivity (Wildman–Crippen MR) is 107 cm³/mol. The van der Waals surface area contributed by atoms with Crippen molar-refractivity contribution in [3.05, 3.63) is 34.9 Å². The molecule has 6 rings (SSSR count). The quantitative estimate of drug-likeness (QED) is 0.728. The number of carbonyl (C=O) groups is 3. The monoisotopic (exact) mass is 396 g/mol. The van der Waals surface area contributed by atoms with Crippen molar-refractivity contribution < 1.29 is 14.4 Å². The fourth-order valence-corrected chi connectivity index (χ4v) is 6.11. The Morgan fingerprint density at radius 1 is 1.24 bits per heavy atom. The Labute approximate surface area is 170 Å². The van der Waals surface area contributed by atoms with Gasteiger partial charge in [-0.2, -0.15) is 0 Å². The van der Waals surface area contributed by atoms with Crippen LogP contribution in [0.15, 0.2) is 18.2 Å². The summed E-state index contributed by atoms with van der Waals surface area (Å²) in [6, 6.07) is 5.31. The molecule has 2 bridgehead atoms. The average Bonchev–Trinajstić information content (AvgIpc) is 3.28. The maximum absolute atomic E-state index is 13.0. The minimum Gasteiger partial charge on any atom is -0.329 e. The van der Waals surface area contributed by atoms with Crippen LogP contribution in [0.1, 0.15) is 60.5 Å². The molecule has 0 radical (unpaired) electrons. The first-order chi connectivity index (χ1) is 13.9. The van der Waals surface area contributed by atoms with Crippen molar-refractivity contribution in [2.45, 2.75) is 63.7 Å². The Hall–Kier alpha value is -2.25. The molecule has 1 aliphatic carbocycles. The van der Waals surface area contributed by atoms with Gasteiger partial charge in [-0.3, -0.25) is 24.6 Å². The number of amides is 3. The van der Waals surface area contributed by atoms with Gasteiger partial charge in [-0.05, 0) is 48.3 Å². The fourth-order valence-electron chi connectivity index (χ4n) is 6.11. The van der Waals surface area contributed by atoms with E-state index >= 15 is 0 Å². The third-order valence-corrected chi connectivity index (χ3v) is 7.78. The Morgan fingerprint density at radius 2 is 2.03 bits per heavy atom. The molecule has 1 aromatic carbocycles. The van der Waals surface area contributed by atoms with Crippen molar-refractivity contribution in [1.82, 2.24) is 15.1 Å². The molecule has 7 heteroatoms. The highest BCUT2D eigenvalue weighted by molar-refractivity contribution is 6.05. The van der Waals surface area contributed by atoms with Crippen LogP contribution in [0.4, 0.5) is 0 Å². The van der Waals surface area contributed by atoms with Crippen molar-refractivity contribution in [3.63, 3.8) is 0 Å². The molecule has 1 aromatic rings. The van der Waals surface area contributed by atoms with Crippen LogP contribution in [0, 0.1) is 5.41 Å². The van der Waals surface area contributed by atoms with E-state index in [1.807, 2.05) is 12.1 Å². The molecule has 4 aliphatic heterocycles. The van der Waals surface area contributed by atoms with Crippen molar-refractivity contribution in [2.75, 3.05) is 13.1 Å². The predicted octanol–water partition coefficient (Wildman–Crippen LogP) is 1.15. The van der Waals surface area contributed by atoms with Crippen LogP contribution in [0.5, 0.6) is 0 Å². The summed E-state index contributed by atoms with van der Waals surface area (Å²) < 4.78 is 0. The summed E-state index contributed by atoms with van der Waals surface area (Å²) in [5.74, 6) is -0.738. The highest BCUT2D eigenvalue weighted by atomic mass is 16.2.